The van der Waals surface area contributed by atoms with Crippen LogP contribution >= 0.6 is 0 Å². The van der Waals surface area contributed by atoms with E-state index < -0.39 is 0 Å². The Morgan fingerprint density at radius 1 is 0.917 bits per heavy atom. The summed E-state index contributed by atoms with van der Waals surface area (Å²) in [5.41, 5.74) is 0. The van der Waals surface area contributed by atoms with Gasteiger partial charge in [-0.2, -0.15) is 0 Å². The molecule has 0 aromatic heterocycles. The van der Waals surface area contributed by atoms with Gasteiger partial charge in [-0.25, -0.2) is 0 Å². The zero-order chi connectivity index (χ0) is 17.9. The second-order valence-electron chi connectivity index (χ2n) is 5.94. The predicted molar refractivity (Wildman–Crippen MR) is 95.0 cm³/mol. The molecule has 0 aromatic carbocycles. The molecule has 0 bridgehead atoms. The van der Waals surface area contributed by atoms with E-state index in [2.05, 4.69) is 46.1 Å². The van der Waals surface area contributed by atoms with Crippen molar-refractivity contribution in [2.45, 2.75) is 38.8 Å². The average Bonchev–Trinajstić information content (AvgIpc) is 2.58. The molecule has 2 N–H and O–H groups in total. The first-order chi connectivity index (χ1) is 11.5. The van der Waals surface area contributed by atoms with E-state index in [9.17, 15) is 9.59 Å². The van der Waals surface area contributed by atoms with Crippen molar-refractivity contribution in [3.8, 4) is 24.7 Å². The lowest BCUT2D eigenvalue weighted by molar-refractivity contribution is -0.127. The van der Waals surface area contributed by atoms with Gasteiger partial charge in [0.2, 0.25) is 11.8 Å². The molecule has 1 saturated heterocycles. The molecule has 24 heavy (non-hydrogen) atoms. The van der Waals surface area contributed by atoms with E-state index in [1.165, 1.54) is 0 Å². The Labute approximate surface area is 145 Å². The fraction of sp³-hybridized carbons (Fsp3) is 0.667. The van der Waals surface area contributed by atoms with Crippen LogP contribution in [-0.4, -0.2) is 73.0 Å². The molecule has 2 atom stereocenters. The Hall–Kier alpha value is -2.02. The predicted octanol–water partition coefficient (Wildman–Crippen LogP) is -0.340. The molecule has 0 unspecified atom stereocenters. The fourth-order valence-electron chi connectivity index (χ4n) is 3.01. The van der Waals surface area contributed by atoms with E-state index in [-0.39, 0.29) is 37.0 Å². The number of hydrogen-bond donors (Lipinski definition) is 2. The molecule has 6 nitrogen and oxygen atoms in total. The number of carbonyl (C=O) groups excluding carboxylic acids is 2. The summed E-state index contributed by atoms with van der Waals surface area (Å²) >= 11 is 0. The van der Waals surface area contributed by atoms with Crippen LogP contribution in [0.25, 0.3) is 0 Å². The van der Waals surface area contributed by atoms with Gasteiger partial charge < -0.3 is 10.6 Å². The number of carbonyl (C=O) groups is 2. The van der Waals surface area contributed by atoms with Crippen molar-refractivity contribution in [2.75, 3.05) is 39.3 Å². The van der Waals surface area contributed by atoms with Gasteiger partial charge in [-0.3, -0.25) is 19.4 Å². The SMILES string of the molecule is C#CCNC(=O)CN1C[C@H](CC)N(CC(=O)NCC#C)C[C@@H]1CC. The maximum Gasteiger partial charge on any atom is 0.234 e. The Kier molecular flexibility index (Phi) is 8.93. The minimum absolute atomic E-state index is 0.0542. The molecule has 132 valence electrons. The largest absolute Gasteiger partial charge is 0.344 e. The van der Waals surface area contributed by atoms with Gasteiger partial charge in [0.05, 0.1) is 26.2 Å². The first kappa shape index (κ1) is 20.0. The Balaban J connectivity index is 2.65. The van der Waals surface area contributed by atoms with Crippen molar-refractivity contribution in [2.24, 2.45) is 0 Å². The van der Waals surface area contributed by atoms with E-state index in [4.69, 9.17) is 12.8 Å². The average molecular weight is 332 g/mol. The number of terminal acetylenes is 2. The van der Waals surface area contributed by atoms with Gasteiger partial charge in [0, 0.05) is 25.2 Å². The third-order valence-electron chi connectivity index (χ3n) is 4.33. The number of piperazine rings is 1. The fourth-order valence-corrected chi connectivity index (χ4v) is 3.01. The van der Waals surface area contributed by atoms with Gasteiger partial charge in [0.1, 0.15) is 0 Å². The van der Waals surface area contributed by atoms with Gasteiger partial charge in [0.15, 0.2) is 0 Å². The molecule has 2 amide bonds. The van der Waals surface area contributed by atoms with E-state index >= 15 is 0 Å². The van der Waals surface area contributed by atoms with Gasteiger partial charge in [-0.05, 0) is 12.8 Å². The molecule has 1 aliphatic heterocycles. The molecule has 0 saturated carbocycles. The van der Waals surface area contributed by atoms with Crippen LogP contribution in [0, 0.1) is 24.7 Å². The number of amides is 2. The third-order valence-corrected chi connectivity index (χ3v) is 4.33. The molecule has 0 aliphatic carbocycles. The second-order valence-corrected chi connectivity index (χ2v) is 5.94. The lowest BCUT2D eigenvalue weighted by Crippen LogP contribution is -2.60. The van der Waals surface area contributed by atoms with Gasteiger partial charge in [-0.15, -0.1) is 12.8 Å². The quantitative estimate of drug-likeness (QED) is 0.597. The summed E-state index contributed by atoms with van der Waals surface area (Å²) < 4.78 is 0. The summed E-state index contributed by atoms with van der Waals surface area (Å²) in [6.45, 7) is 6.91. The molecule has 1 heterocycles. The van der Waals surface area contributed by atoms with Crippen molar-refractivity contribution in [1.82, 2.24) is 20.4 Å². The maximum atomic E-state index is 12.0. The van der Waals surface area contributed by atoms with Crippen molar-refractivity contribution in [3.63, 3.8) is 0 Å². The highest BCUT2D eigenvalue weighted by Crippen LogP contribution is 2.19. The Bertz CT molecular complexity index is 460. The number of nitrogens with zero attached hydrogens (tertiary/aromatic N) is 2. The standard InChI is InChI=1S/C18H28N4O2/c1-5-9-19-17(23)13-21-11-16(8-4)22(12-15(21)7-3)14-18(24)20-10-6-2/h1-2,15-16H,7-14H2,3-4H3,(H,19,23)(H,20,24)/t15-,16-/m0/s1. The minimum atomic E-state index is -0.0542. The first-order valence-corrected chi connectivity index (χ1v) is 8.44. The summed E-state index contributed by atoms with van der Waals surface area (Å²) in [5, 5.41) is 5.42. The minimum Gasteiger partial charge on any atom is -0.344 e. The number of nitrogens with one attached hydrogen (secondary N) is 2. The lowest BCUT2D eigenvalue weighted by atomic mass is 10.0. The summed E-state index contributed by atoms with van der Waals surface area (Å²) in [4.78, 5) is 28.3. The summed E-state index contributed by atoms with van der Waals surface area (Å²) in [6, 6.07) is 0.481. The van der Waals surface area contributed by atoms with Crippen LogP contribution in [0.2, 0.25) is 0 Å². The van der Waals surface area contributed by atoms with Crippen molar-refractivity contribution in [1.29, 1.82) is 0 Å². The summed E-state index contributed by atoms with van der Waals surface area (Å²) in [5.74, 6) is 4.71. The van der Waals surface area contributed by atoms with Gasteiger partial charge >= 0.3 is 0 Å². The van der Waals surface area contributed by atoms with Crippen LogP contribution in [0.3, 0.4) is 0 Å². The molecule has 6 heteroatoms. The Morgan fingerprint density at radius 3 is 1.58 bits per heavy atom. The monoisotopic (exact) mass is 332 g/mol. The van der Waals surface area contributed by atoms with Crippen LogP contribution in [0.1, 0.15) is 26.7 Å². The smallest absolute Gasteiger partial charge is 0.234 e. The third kappa shape index (κ3) is 6.23. The van der Waals surface area contributed by atoms with Crippen molar-refractivity contribution < 1.29 is 9.59 Å². The van der Waals surface area contributed by atoms with Crippen LogP contribution in [0.4, 0.5) is 0 Å². The van der Waals surface area contributed by atoms with Crippen LogP contribution < -0.4 is 10.6 Å². The van der Waals surface area contributed by atoms with Crippen LogP contribution in [0.15, 0.2) is 0 Å². The normalized spacial score (nSPS) is 21.5. The summed E-state index contributed by atoms with van der Waals surface area (Å²) in [6.07, 6.45) is 12.2. The van der Waals surface area contributed by atoms with Crippen molar-refractivity contribution >= 4 is 11.8 Å². The van der Waals surface area contributed by atoms with Gasteiger partial charge in [-0.1, -0.05) is 25.7 Å². The van der Waals surface area contributed by atoms with Crippen molar-refractivity contribution in [3.05, 3.63) is 0 Å². The number of rotatable bonds is 8. The van der Waals surface area contributed by atoms with Gasteiger partial charge in [0.25, 0.3) is 0 Å². The zero-order valence-corrected chi connectivity index (χ0v) is 14.7. The van der Waals surface area contributed by atoms with E-state index in [0.29, 0.717) is 13.1 Å². The maximum absolute atomic E-state index is 12.0. The highest BCUT2D eigenvalue weighted by Gasteiger charge is 2.33. The topological polar surface area (TPSA) is 64.7 Å². The molecule has 0 radical (unpaired) electrons. The molecule has 1 aliphatic rings. The van der Waals surface area contributed by atoms with E-state index in [1.807, 2.05) is 0 Å². The molecule has 1 fully saturated rings. The van der Waals surface area contributed by atoms with E-state index in [1.54, 1.807) is 0 Å². The van der Waals surface area contributed by atoms with Crippen LogP contribution in [0.5, 0.6) is 0 Å². The highest BCUT2D eigenvalue weighted by molar-refractivity contribution is 5.79. The molecule has 0 spiro atoms. The zero-order valence-electron chi connectivity index (χ0n) is 14.7. The van der Waals surface area contributed by atoms with E-state index in [0.717, 1.165) is 25.9 Å². The lowest BCUT2D eigenvalue weighted by Gasteiger charge is -2.45. The summed E-state index contributed by atoms with van der Waals surface area (Å²) in [7, 11) is 0. The molecular formula is C18H28N4O2. The second kappa shape index (κ2) is 10.7. The highest BCUT2D eigenvalue weighted by atomic mass is 16.2. The number of hydrogen-bond acceptors (Lipinski definition) is 4. The molecule has 1 rings (SSSR count). The first-order valence-electron chi connectivity index (χ1n) is 8.44. The van der Waals surface area contributed by atoms with Crippen LogP contribution in [-0.2, 0) is 9.59 Å². The molecule has 0 aromatic rings. The Morgan fingerprint density at radius 2 is 1.29 bits per heavy atom. The molecular weight excluding hydrogens is 304 g/mol.